The molecule has 3 aromatic rings. The minimum atomic E-state index is -4.24. The van der Waals surface area contributed by atoms with Gasteiger partial charge in [-0.2, -0.15) is 0 Å². The summed E-state index contributed by atoms with van der Waals surface area (Å²) < 4.78 is 35.0. The number of para-hydroxylation sites is 2. The molecule has 3 rings (SSSR count). The van der Waals surface area contributed by atoms with Crippen molar-refractivity contribution in [3.8, 4) is 5.75 Å². The second-order valence-electron chi connectivity index (χ2n) is 10.1. The molecule has 226 valence electrons. The van der Waals surface area contributed by atoms with Gasteiger partial charge in [-0.05, 0) is 76.1 Å². The van der Waals surface area contributed by atoms with Crippen LogP contribution in [0.4, 0.5) is 5.69 Å². The standard InChI is InChI=1S/C31H37Cl2N3O5S/c1-6-27(31(38)34-21(3)4)35(19-23-14-15-24(32)18-26(23)33)30(37)20-36(28-10-8-9-11-29(28)41-7-2)42(39,40)25-16-12-22(5)13-17-25/h8-18,21,27H,6-7,19-20H2,1-5H3,(H,34,38)/t27-/m0/s1. The van der Waals surface area contributed by atoms with Crippen molar-refractivity contribution in [1.82, 2.24) is 10.2 Å². The molecule has 8 nitrogen and oxygen atoms in total. The summed E-state index contributed by atoms with van der Waals surface area (Å²) in [7, 11) is -4.24. The number of nitrogens with zero attached hydrogens (tertiary/aromatic N) is 2. The molecule has 0 radical (unpaired) electrons. The van der Waals surface area contributed by atoms with Gasteiger partial charge in [0.05, 0.1) is 17.2 Å². The molecule has 0 aliphatic heterocycles. The molecule has 0 aliphatic carbocycles. The van der Waals surface area contributed by atoms with Crippen molar-refractivity contribution in [2.24, 2.45) is 0 Å². The third-order valence-electron chi connectivity index (χ3n) is 6.49. The van der Waals surface area contributed by atoms with Gasteiger partial charge in [0, 0.05) is 22.6 Å². The van der Waals surface area contributed by atoms with Crippen LogP contribution in [0, 0.1) is 6.92 Å². The summed E-state index contributed by atoms with van der Waals surface area (Å²) in [6.07, 6.45) is 0.287. The largest absolute Gasteiger partial charge is 0.492 e. The summed E-state index contributed by atoms with van der Waals surface area (Å²) in [6.45, 7) is 8.76. The number of carbonyl (C=O) groups is 2. The number of ether oxygens (including phenoxy) is 1. The van der Waals surface area contributed by atoms with Crippen LogP contribution in [0.1, 0.15) is 45.2 Å². The van der Waals surface area contributed by atoms with Gasteiger partial charge >= 0.3 is 0 Å². The summed E-state index contributed by atoms with van der Waals surface area (Å²) in [6, 6.07) is 16.9. The molecule has 0 fully saturated rings. The third-order valence-corrected chi connectivity index (χ3v) is 8.86. The lowest BCUT2D eigenvalue weighted by molar-refractivity contribution is -0.140. The summed E-state index contributed by atoms with van der Waals surface area (Å²) in [5, 5.41) is 3.62. The first kappa shape index (κ1) is 33.2. The van der Waals surface area contributed by atoms with Gasteiger partial charge in [0.1, 0.15) is 18.3 Å². The second kappa shape index (κ2) is 14.8. The van der Waals surface area contributed by atoms with Gasteiger partial charge in [0.25, 0.3) is 10.0 Å². The Morgan fingerprint density at radius 2 is 1.64 bits per heavy atom. The number of hydrogen-bond donors (Lipinski definition) is 1. The highest BCUT2D eigenvalue weighted by Crippen LogP contribution is 2.33. The predicted octanol–water partition coefficient (Wildman–Crippen LogP) is 6.23. The molecule has 0 spiro atoms. The van der Waals surface area contributed by atoms with Crippen molar-refractivity contribution in [3.63, 3.8) is 0 Å². The molecule has 1 atom stereocenters. The Bertz CT molecular complexity index is 1500. The molecule has 0 heterocycles. The number of aryl methyl sites for hydroxylation is 1. The molecule has 0 saturated carbocycles. The Kier molecular flexibility index (Phi) is 11.7. The number of halogens is 2. The van der Waals surface area contributed by atoms with E-state index in [-0.39, 0.29) is 42.1 Å². The molecule has 2 amide bonds. The van der Waals surface area contributed by atoms with E-state index in [1.165, 1.54) is 17.0 Å². The maximum atomic E-state index is 14.2. The SMILES string of the molecule is CCOc1ccccc1N(CC(=O)N(Cc1ccc(Cl)cc1Cl)[C@@H](CC)C(=O)NC(C)C)S(=O)(=O)c1ccc(C)cc1. The summed E-state index contributed by atoms with van der Waals surface area (Å²) in [4.78, 5) is 28.9. The van der Waals surface area contributed by atoms with Crippen molar-refractivity contribution in [3.05, 3.63) is 87.9 Å². The zero-order chi connectivity index (χ0) is 31.0. The zero-order valence-corrected chi connectivity index (χ0v) is 26.8. The van der Waals surface area contributed by atoms with Crippen LogP contribution in [0.5, 0.6) is 5.75 Å². The molecule has 0 bridgehead atoms. The van der Waals surface area contributed by atoms with E-state index in [1.54, 1.807) is 68.4 Å². The number of rotatable bonds is 13. The number of sulfonamides is 1. The molecule has 1 N–H and O–H groups in total. The van der Waals surface area contributed by atoms with E-state index in [4.69, 9.17) is 27.9 Å². The molecular weight excluding hydrogens is 597 g/mol. The van der Waals surface area contributed by atoms with Crippen LogP contribution in [0.15, 0.2) is 71.6 Å². The van der Waals surface area contributed by atoms with Crippen LogP contribution < -0.4 is 14.4 Å². The van der Waals surface area contributed by atoms with Crippen molar-refractivity contribution in [2.75, 3.05) is 17.5 Å². The Balaban J connectivity index is 2.14. The zero-order valence-electron chi connectivity index (χ0n) is 24.4. The lowest BCUT2D eigenvalue weighted by Crippen LogP contribution is -2.53. The van der Waals surface area contributed by atoms with Crippen molar-refractivity contribution in [2.45, 2.75) is 64.6 Å². The van der Waals surface area contributed by atoms with Crippen LogP contribution in [-0.2, 0) is 26.2 Å². The minimum Gasteiger partial charge on any atom is -0.492 e. The first-order valence-electron chi connectivity index (χ1n) is 13.7. The average Bonchev–Trinajstić information content (AvgIpc) is 2.93. The number of hydrogen-bond acceptors (Lipinski definition) is 5. The van der Waals surface area contributed by atoms with Crippen LogP contribution >= 0.6 is 23.2 Å². The highest BCUT2D eigenvalue weighted by Gasteiger charge is 2.35. The van der Waals surface area contributed by atoms with Gasteiger partial charge in [0.2, 0.25) is 11.8 Å². The number of benzene rings is 3. The first-order valence-corrected chi connectivity index (χ1v) is 15.9. The maximum Gasteiger partial charge on any atom is 0.264 e. The normalized spacial score (nSPS) is 12.1. The van der Waals surface area contributed by atoms with Gasteiger partial charge in [-0.3, -0.25) is 13.9 Å². The number of anilines is 1. The Labute approximate surface area is 258 Å². The molecular formula is C31H37Cl2N3O5S. The van der Waals surface area contributed by atoms with Gasteiger partial charge < -0.3 is 15.0 Å². The monoisotopic (exact) mass is 633 g/mol. The van der Waals surface area contributed by atoms with Crippen molar-refractivity contribution >= 4 is 50.7 Å². The minimum absolute atomic E-state index is 0.0177. The van der Waals surface area contributed by atoms with E-state index < -0.39 is 28.5 Å². The Morgan fingerprint density at radius 1 is 0.976 bits per heavy atom. The Hall–Kier alpha value is -3.27. The number of amides is 2. The van der Waals surface area contributed by atoms with Gasteiger partial charge in [0.15, 0.2) is 0 Å². The lowest BCUT2D eigenvalue weighted by Gasteiger charge is -2.34. The molecule has 0 saturated heterocycles. The average molecular weight is 635 g/mol. The van der Waals surface area contributed by atoms with Crippen LogP contribution in [-0.4, -0.2) is 50.4 Å². The fourth-order valence-electron chi connectivity index (χ4n) is 4.43. The Morgan fingerprint density at radius 3 is 2.24 bits per heavy atom. The van der Waals surface area contributed by atoms with Crippen LogP contribution in [0.2, 0.25) is 10.0 Å². The molecule has 0 unspecified atom stereocenters. The van der Waals surface area contributed by atoms with Crippen molar-refractivity contribution in [1.29, 1.82) is 0 Å². The third kappa shape index (κ3) is 8.18. The predicted molar refractivity (Wildman–Crippen MR) is 168 cm³/mol. The number of nitrogens with one attached hydrogen (secondary N) is 1. The van der Waals surface area contributed by atoms with Gasteiger partial charge in [-0.15, -0.1) is 0 Å². The van der Waals surface area contributed by atoms with Crippen molar-refractivity contribution < 1.29 is 22.7 Å². The second-order valence-corrected chi connectivity index (χ2v) is 12.8. The fourth-order valence-corrected chi connectivity index (χ4v) is 6.32. The fraction of sp³-hybridized carbons (Fsp3) is 0.355. The van der Waals surface area contributed by atoms with E-state index in [0.717, 1.165) is 9.87 Å². The van der Waals surface area contributed by atoms with E-state index >= 15 is 0 Å². The molecule has 3 aromatic carbocycles. The van der Waals surface area contributed by atoms with E-state index in [9.17, 15) is 18.0 Å². The quantitative estimate of drug-likeness (QED) is 0.241. The smallest absolute Gasteiger partial charge is 0.264 e. The molecule has 0 aromatic heterocycles. The number of carbonyl (C=O) groups excluding carboxylic acids is 2. The van der Waals surface area contributed by atoms with Crippen LogP contribution in [0.3, 0.4) is 0 Å². The van der Waals surface area contributed by atoms with Crippen LogP contribution in [0.25, 0.3) is 0 Å². The lowest BCUT2D eigenvalue weighted by atomic mass is 10.1. The molecule has 42 heavy (non-hydrogen) atoms. The summed E-state index contributed by atoms with van der Waals surface area (Å²) in [5.41, 5.74) is 1.66. The highest BCUT2D eigenvalue weighted by atomic mass is 35.5. The molecule has 11 heteroatoms. The van der Waals surface area contributed by atoms with Gasteiger partial charge in [-0.25, -0.2) is 8.42 Å². The maximum absolute atomic E-state index is 14.2. The summed E-state index contributed by atoms with van der Waals surface area (Å²) >= 11 is 12.6. The molecule has 0 aliphatic rings. The van der Waals surface area contributed by atoms with E-state index in [0.29, 0.717) is 21.4 Å². The van der Waals surface area contributed by atoms with Gasteiger partial charge in [-0.1, -0.05) is 66.0 Å². The van der Waals surface area contributed by atoms with E-state index in [1.807, 2.05) is 20.8 Å². The summed E-state index contributed by atoms with van der Waals surface area (Å²) in [5.74, 6) is -0.636. The first-order chi connectivity index (χ1) is 19.9. The van der Waals surface area contributed by atoms with E-state index in [2.05, 4.69) is 5.32 Å². The topological polar surface area (TPSA) is 96.0 Å². The highest BCUT2D eigenvalue weighted by molar-refractivity contribution is 7.92.